The van der Waals surface area contributed by atoms with Crippen molar-refractivity contribution in [2.75, 3.05) is 5.32 Å². The number of nitrogens with zero attached hydrogens (tertiary/aromatic N) is 2. The van der Waals surface area contributed by atoms with Crippen molar-refractivity contribution in [3.8, 4) is 0 Å². The van der Waals surface area contributed by atoms with E-state index in [1.807, 2.05) is 29.7 Å². The van der Waals surface area contributed by atoms with Crippen LogP contribution in [0.2, 0.25) is 0 Å². The van der Waals surface area contributed by atoms with Crippen molar-refractivity contribution in [3.05, 3.63) is 42.2 Å². The van der Waals surface area contributed by atoms with Gasteiger partial charge in [-0.1, -0.05) is 25.0 Å². The van der Waals surface area contributed by atoms with E-state index in [1.165, 1.54) is 41.8 Å². The molecule has 1 aliphatic rings. The summed E-state index contributed by atoms with van der Waals surface area (Å²) in [5.41, 5.74) is 2.46. The smallest absolute Gasteiger partial charge is 0.0539 e. The molecule has 106 valence electrons. The molecular formula is C16H21N3S. The highest BCUT2D eigenvalue weighted by molar-refractivity contribution is 8.00. The molecule has 0 atom stereocenters. The van der Waals surface area contributed by atoms with E-state index < -0.39 is 0 Å². The normalized spacial score (nSPS) is 15.7. The van der Waals surface area contributed by atoms with Crippen molar-refractivity contribution < 1.29 is 0 Å². The van der Waals surface area contributed by atoms with Gasteiger partial charge in [0.05, 0.1) is 6.20 Å². The Morgan fingerprint density at radius 1 is 1.30 bits per heavy atom. The number of hydrogen-bond donors (Lipinski definition) is 1. The van der Waals surface area contributed by atoms with Gasteiger partial charge in [-0.3, -0.25) is 4.68 Å². The molecule has 1 N–H and O–H groups in total. The number of aromatic nitrogens is 2. The number of para-hydroxylation sites is 1. The monoisotopic (exact) mass is 287 g/mol. The first-order valence-electron chi connectivity index (χ1n) is 7.28. The highest BCUT2D eigenvalue weighted by Crippen LogP contribution is 2.38. The van der Waals surface area contributed by atoms with Crippen LogP contribution in [0.1, 0.15) is 31.2 Å². The van der Waals surface area contributed by atoms with Gasteiger partial charge in [0.1, 0.15) is 0 Å². The quantitative estimate of drug-likeness (QED) is 0.899. The Balaban J connectivity index is 1.65. The van der Waals surface area contributed by atoms with E-state index in [0.29, 0.717) is 0 Å². The number of thioether (sulfide) groups is 1. The summed E-state index contributed by atoms with van der Waals surface area (Å²) in [7, 11) is 1.95. The molecule has 0 bridgehead atoms. The maximum atomic E-state index is 4.21. The van der Waals surface area contributed by atoms with Crippen LogP contribution in [0.4, 0.5) is 5.69 Å². The second kappa shape index (κ2) is 6.35. The van der Waals surface area contributed by atoms with Crippen molar-refractivity contribution in [3.63, 3.8) is 0 Å². The molecule has 1 aromatic heterocycles. The third-order valence-corrected chi connectivity index (χ3v) is 5.14. The summed E-state index contributed by atoms with van der Waals surface area (Å²) in [6, 6.07) is 8.64. The van der Waals surface area contributed by atoms with Gasteiger partial charge in [-0.05, 0) is 25.0 Å². The lowest BCUT2D eigenvalue weighted by Crippen LogP contribution is -2.01. The van der Waals surface area contributed by atoms with Gasteiger partial charge in [0, 0.05) is 41.2 Å². The van der Waals surface area contributed by atoms with Crippen LogP contribution in [0, 0.1) is 0 Å². The van der Waals surface area contributed by atoms with Gasteiger partial charge in [-0.25, -0.2) is 0 Å². The fourth-order valence-corrected chi connectivity index (χ4v) is 4.01. The van der Waals surface area contributed by atoms with Crippen LogP contribution >= 0.6 is 11.8 Å². The highest BCUT2D eigenvalue weighted by Gasteiger charge is 2.17. The summed E-state index contributed by atoms with van der Waals surface area (Å²) in [5, 5.41) is 8.55. The van der Waals surface area contributed by atoms with E-state index in [1.54, 1.807) is 0 Å². The maximum Gasteiger partial charge on any atom is 0.0539 e. The first-order valence-corrected chi connectivity index (χ1v) is 8.16. The molecule has 0 unspecified atom stereocenters. The molecule has 3 nitrogen and oxygen atoms in total. The number of nitrogens with one attached hydrogen (secondary N) is 1. The predicted octanol–water partition coefficient (Wildman–Crippen LogP) is 4.07. The third-order valence-electron chi connectivity index (χ3n) is 3.72. The molecule has 1 heterocycles. The van der Waals surface area contributed by atoms with E-state index in [4.69, 9.17) is 0 Å². The van der Waals surface area contributed by atoms with Crippen molar-refractivity contribution in [2.24, 2.45) is 7.05 Å². The van der Waals surface area contributed by atoms with Gasteiger partial charge in [-0.15, -0.1) is 11.8 Å². The molecule has 20 heavy (non-hydrogen) atoms. The Bertz CT molecular complexity index is 558. The lowest BCUT2D eigenvalue weighted by molar-refractivity contribution is 0.767. The molecule has 0 spiro atoms. The van der Waals surface area contributed by atoms with Gasteiger partial charge in [0.15, 0.2) is 0 Å². The van der Waals surface area contributed by atoms with Crippen LogP contribution in [-0.4, -0.2) is 15.0 Å². The number of aryl methyl sites for hydroxylation is 1. The lowest BCUT2D eigenvalue weighted by atomic mass is 10.3. The van der Waals surface area contributed by atoms with Crippen LogP contribution in [0.3, 0.4) is 0 Å². The van der Waals surface area contributed by atoms with Crippen molar-refractivity contribution in [1.82, 2.24) is 9.78 Å². The van der Waals surface area contributed by atoms with E-state index >= 15 is 0 Å². The number of hydrogen-bond acceptors (Lipinski definition) is 3. The number of anilines is 1. The minimum atomic E-state index is 0.802. The Hall–Kier alpha value is -1.42. The third kappa shape index (κ3) is 3.37. The Morgan fingerprint density at radius 2 is 2.10 bits per heavy atom. The molecule has 1 fully saturated rings. The standard InChI is InChI=1S/C16H21N3S/c1-19-12-13(11-18-19)10-17-15-8-4-5-9-16(15)20-14-6-2-3-7-14/h4-5,8-9,11-12,14,17H,2-3,6-7,10H2,1H3. The van der Waals surface area contributed by atoms with Gasteiger partial charge < -0.3 is 5.32 Å². The molecular weight excluding hydrogens is 266 g/mol. The molecule has 4 heteroatoms. The Morgan fingerprint density at radius 3 is 2.85 bits per heavy atom. The van der Waals surface area contributed by atoms with Crippen molar-refractivity contribution in [1.29, 1.82) is 0 Å². The van der Waals surface area contributed by atoms with Gasteiger partial charge in [-0.2, -0.15) is 5.10 Å². The highest BCUT2D eigenvalue weighted by atomic mass is 32.2. The van der Waals surface area contributed by atoms with Gasteiger partial charge in [0.2, 0.25) is 0 Å². The molecule has 1 aromatic carbocycles. The minimum Gasteiger partial charge on any atom is -0.380 e. The van der Waals surface area contributed by atoms with Crippen LogP contribution < -0.4 is 5.32 Å². The summed E-state index contributed by atoms with van der Waals surface area (Å²) >= 11 is 2.03. The number of rotatable bonds is 5. The fourth-order valence-electron chi connectivity index (χ4n) is 2.66. The average molecular weight is 287 g/mol. The van der Waals surface area contributed by atoms with E-state index in [0.717, 1.165) is 11.8 Å². The molecule has 1 aliphatic carbocycles. The molecule has 0 aliphatic heterocycles. The second-order valence-electron chi connectivity index (χ2n) is 5.40. The summed E-state index contributed by atoms with van der Waals surface area (Å²) < 4.78 is 1.84. The summed E-state index contributed by atoms with van der Waals surface area (Å²) in [6.07, 6.45) is 9.48. The molecule has 3 rings (SSSR count). The molecule has 0 amide bonds. The second-order valence-corrected chi connectivity index (χ2v) is 6.74. The first kappa shape index (κ1) is 13.6. The van der Waals surface area contributed by atoms with Crippen molar-refractivity contribution in [2.45, 2.75) is 42.4 Å². The maximum absolute atomic E-state index is 4.21. The van der Waals surface area contributed by atoms with E-state index in [-0.39, 0.29) is 0 Å². The molecule has 2 aromatic rings. The van der Waals surface area contributed by atoms with Crippen LogP contribution in [0.25, 0.3) is 0 Å². The number of benzene rings is 1. The lowest BCUT2D eigenvalue weighted by Gasteiger charge is -2.14. The molecule has 0 saturated heterocycles. The van der Waals surface area contributed by atoms with Gasteiger partial charge in [0.25, 0.3) is 0 Å². The summed E-state index contributed by atoms with van der Waals surface area (Å²) in [4.78, 5) is 1.38. The Kier molecular flexibility index (Phi) is 4.31. The molecule has 0 radical (unpaired) electrons. The zero-order chi connectivity index (χ0) is 13.8. The van der Waals surface area contributed by atoms with Gasteiger partial charge >= 0.3 is 0 Å². The fraction of sp³-hybridized carbons (Fsp3) is 0.438. The first-order chi connectivity index (χ1) is 9.81. The summed E-state index contributed by atoms with van der Waals surface area (Å²) in [5.74, 6) is 0. The Labute approximate surface area is 124 Å². The predicted molar refractivity (Wildman–Crippen MR) is 85.1 cm³/mol. The largest absolute Gasteiger partial charge is 0.380 e. The average Bonchev–Trinajstić information content (AvgIpc) is 3.10. The molecule has 1 saturated carbocycles. The van der Waals surface area contributed by atoms with E-state index in [2.05, 4.69) is 40.9 Å². The zero-order valence-electron chi connectivity index (χ0n) is 11.9. The van der Waals surface area contributed by atoms with E-state index in [9.17, 15) is 0 Å². The van der Waals surface area contributed by atoms with Crippen LogP contribution in [-0.2, 0) is 13.6 Å². The summed E-state index contributed by atoms with van der Waals surface area (Å²) in [6.45, 7) is 0.829. The van der Waals surface area contributed by atoms with Crippen LogP contribution in [0.15, 0.2) is 41.6 Å². The topological polar surface area (TPSA) is 29.9 Å². The zero-order valence-corrected chi connectivity index (χ0v) is 12.7. The minimum absolute atomic E-state index is 0.802. The van der Waals surface area contributed by atoms with Crippen LogP contribution in [0.5, 0.6) is 0 Å². The SMILES string of the molecule is Cn1cc(CNc2ccccc2SC2CCCC2)cn1. The van der Waals surface area contributed by atoms with Crippen molar-refractivity contribution >= 4 is 17.4 Å².